The van der Waals surface area contributed by atoms with Gasteiger partial charge in [-0.15, -0.1) is 0 Å². The molecule has 0 aliphatic carbocycles. The Morgan fingerprint density at radius 3 is 2.71 bits per heavy atom. The molecule has 4 nitrogen and oxygen atoms in total. The fraction of sp³-hybridized carbons (Fsp3) is 1.00. The van der Waals surface area contributed by atoms with Crippen LogP contribution < -0.4 is 0 Å². The van der Waals surface area contributed by atoms with Gasteiger partial charge >= 0.3 is 0 Å². The van der Waals surface area contributed by atoms with Crippen molar-refractivity contribution in [3.8, 4) is 0 Å². The first-order valence-corrected chi connectivity index (χ1v) is 5.38. The van der Waals surface area contributed by atoms with Gasteiger partial charge in [0.25, 0.3) is 0 Å². The molecule has 0 aromatic carbocycles. The van der Waals surface area contributed by atoms with E-state index in [0.717, 1.165) is 45.7 Å². The van der Waals surface area contributed by atoms with Crippen molar-refractivity contribution < 1.29 is 18.9 Å². The normalized spacial score (nSPS) is 29.6. The van der Waals surface area contributed by atoms with Crippen molar-refractivity contribution >= 4 is 0 Å². The molecule has 14 heavy (non-hydrogen) atoms. The molecule has 0 aromatic heterocycles. The summed E-state index contributed by atoms with van der Waals surface area (Å²) in [5.41, 5.74) is 0. The van der Waals surface area contributed by atoms with Gasteiger partial charge in [-0.1, -0.05) is 0 Å². The molecule has 2 rings (SSSR count). The molecular weight excluding hydrogens is 184 g/mol. The van der Waals surface area contributed by atoms with Gasteiger partial charge in [0.15, 0.2) is 6.29 Å². The van der Waals surface area contributed by atoms with E-state index in [-0.39, 0.29) is 6.29 Å². The van der Waals surface area contributed by atoms with Crippen molar-refractivity contribution in [1.82, 2.24) is 0 Å². The second-order valence-electron chi connectivity index (χ2n) is 3.67. The SMILES string of the molecule is C1COC(CCOC2CCOC2)OC1. The molecule has 0 spiro atoms. The Labute approximate surface area is 84.5 Å². The third kappa shape index (κ3) is 3.20. The van der Waals surface area contributed by atoms with E-state index in [1.165, 1.54) is 0 Å². The lowest BCUT2D eigenvalue weighted by Gasteiger charge is -2.23. The second-order valence-corrected chi connectivity index (χ2v) is 3.67. The molecule has 0 radical (unpaired) electrons. The summed E-state index contributed by atoms with van der Waals surface area (Å²) in [4.78, 5) is 0. The minimum Gasteiger partial charge on any atom is -0.379 e. The summed E-state index contributed by atoms with van der Waals surface area (Å²) in [6, 6.07) is 0. The van der Waals surface area contributed by atoms with Gasteiger partial charge in [0.05, 0.1) is 32.5 Å². The van der Waals surface area contributed by atoms with E-state index in [0.29, 0.717) is 12.7 Å². The third-order valence-electron chi connectivity index (χ3n) is 2.49. The lowest BCUT2D eigenvalue weighted by atomic mass is 10.3. The van der Waals surface area contributed by atoms with Crippen molar-refractivity contribution in [3.63, 3.8) is 0 Å². The van der Waals surface area contributed by atoms with Crippen molar-refractivity contribution in [2.45, 2.75) is 31.7 Å². The lowest BCUT2D eigenvalue weighted by Crippen LogP contribution is -2.27. The highest BCUT2D eigenvalue weighted by Gasteiger charge is 2.18. The minimum atomic E-state index is -0.0499. The zero-order valence-electron chi connectivity index (χ0n) is 8.44. The molecule has 82 valence electrons. The van der Waals surface area contributed by atoms with Crippen molar-refractivity contribution in [2.75, 3.05) is 33.0 Å². The summed E-state index contributed by atoms with van der Waals surface area (Å²) in [7, 11) is 0. The smallest absolute Gasteiger partial charge is 0.159 e. The summed E-state index contributed by atoms with van der Waals surface area (Å²) < 4.78 is 21.7. The Kier molecular flexibility index (Phi) is 4.19. The highest BCUT2D eigenvalue weighted by atomic mass is 16.7. The van der Waals surface area contributed by atoms with Crippen LogP contribution in [0.15, 0.2) is 0 Å². The fourth-order valence-electron chi connectivity index (χ4n) is 1.68. The van der Waals surface area contributed by atoms with Crippen LogP contribution in [0.3, 0.4) is 0 Å². The molecule has 1 unspecified atom stereocenters. The summed E-state index contributed by atoms with van der Waals surface area (Å²) >= 11 is 0. The first-order chi connectivity index (χ1) is 6.95. The maximum atomic E-state index is 5.62. The Hall–Kier alpha value is -0.160. The van der Waals surface area contributed by atoms with E-state index in [4.69, 9.17) is 18.9 Å². The summed E-state index contributed by atoms with van der Waals surface area (Å²) in [5.74, 6) is 0. The highest BCUT2D eigenvalue weighted by Crippen LogP contribution is 2.12. The van der Waals surface area contributed by atoms with Gasteiger partial charge in [-0.2, -0.15) is 0 Å². The molecule has 2 aliphatic heterocycles. The van der Waals surface area contributed by atoms with E-state index in [2.05, 4.69) is 0 Å². The molecule has 0 aromatic rings. The van der Waals surface area contributed by atoms with Crippen molar-refractivity contribution in [1.29, 1.82) is 0 Å². The van der Waals surface area contributed by atoms with Gasteiger partial charge in [-0.05, 0) is 12.8 Å². The fourth-order valence-corrected chi connectivity index (χ4v) is 1.68. The van der Waals surface area contributed by atoms with Gasteiger partial charge in [-0.3, -0.25) is 0 Å². The van der Waals surface area contributed by atoms with Gasteiger partial charge in [-0.25, -0.2) is 0 Å². The summed E-state index contributed by atoms with van der Waals surface area (Å²) in [6.07, 6.45) is 3.10. The molecule has 1 atom stereocenters. The zero-order valence-corrected chi connectivity index (χ0v) is 8.44. The second kappa shape index (κ2) is 5.66. The van der Waals surface area contributed by atoms with E-state index >= 15 is 0 Å². The Morgan fingerprint density at radius 2 is 2.00 bits per heavy atom. The standard InChI is InChI=1S/C10H18O4/c1-4-13-10(14-5-1)3-7-12-9-2-6-11-8-9/h9-10H,1-8H2. The maximum absolute atomic E-state index is 5.62. The molecule has 0 amide bonds. The quantitative estimate of drug-likeness (QED) is 0.680. The predicted octanol–water partition coefficient (Wildman–Crippen LogP) is 0.945. The molecule has 0 saturated carbocycles. The average Bonchev–Trinajstić information content (AvgIpc) is 2.72. The zero-order chi connectivity index (χ0) is 9.64. The largest absolute Gasteiger partial charge is 0.379 e. The van der Waals surface area contributed by atoms with Crippen LogP contribution in [0.25, 0.3) is 0 Å². The van der Waals surface area contributed by atoms with Crippen molar-refractivity contribution in [2.24, 2.45) is 0 Å². The van der Waals surface area contributed by atoms with Crippen LogP contribution in [0.2, 0.25) is 0 Å². The summed E-state index contributed by atoms with van der Waals surface area (Å²) in [5, 5.41) is 0. The van der Waals surface area contributed by atoms with Crippen molar-refractivity contribution in [3.05, 3.63) is 0 Å². The van der Waals surface area contributed by atoms with E-state index < -0.39 is 0 Å². The number of hydrogen-bond donors (Lipinski definition) is 0. The van der Waals surface area contributed by atoms with Gasteiger partial charge in [0, 0.05) is 13.0 Å². The third-order valence-corrected chi connectivity index (χ3v) is 2.49. The topological polar surface area (TPSA) is 36.9 Å². The van der Waals surface area contributed by atoms with Gasteiger partial charge in [0.1, 0.15) is 0 Å². The molecule has 4 heteroatoms. The Morgan fingerprint density at radius 1 is 1.14 bits per heavy atom. The van der Waals surface area contributed by atoms with Gasteiger partial charge in [0.2, 0.25) is 0 Å². The Balaban J connectivity index is 1.52. The van der Waals surface area contributed by atoms with Crippen LogP contribution in [0.4, 0.5) is 0 Å². The Bertz CT molecular complexity index is 150. The molecular formula is C10H18O4. The van der Waals surface area contributed by atoms with Crippen LogP contribution >= 0.6 is 0 Å². The lowest BCUT2D eigenvalue weighted by molar-refractivity contribution is -0.187. The van der Waals surface area contributed by atoms with E-state index in [9.17, 15) is 0 Å². The van der Waals surface area contributed by atoms with Crippen LogP contribution in [0.5, 0.6) is 0 Å². The predicted molar refractivity (Wildman–Crippen MR) is 50.1 cm³/mol. The first kappa shape index (κ1) is 10.4. The highest BCUT2D eigenvalue weighted by molar-refractivity contribution is 4.63. The van der Waals surface area contributed by atoms with E-state index in [1.54, 1.807) is 0 Å². The minimum absolute atomic E-state index is 0.0499. The molecule has 0 bridgehead atoms. The maximum Gasteiger partial charge on any atom is 0.159 e. The molecule has 2 saturated heterocycles. The average molecular weight is 202 g/mol. The van der Waals surface area contributed by atoms with Crippen LogP contribution in [0.1, 0.15) is 19.3 Å². The molecule has 0 N–H and O–H groups in total. The van der Waals surface area contributed by atoms with Crippen LogP contribution in [-0.4, -0.2) is 45.4 Å². The summed E-state index contributed by atoms with van der Waals surface area (Å²) in [6.45, 7) is 3.92. The monoisotopic (exact) mass is 202 g/mol. The van der Waals surface area contributed by atoms with E-state index in [1.807, 2.05) is 0 Å². The molecule has 2 fully saturated rings. The van der Waals surface area contributed by atoms with Crippen LogP contribution in [0, 0.1) is 0 Å². The molecule has 2 aliphatic rings. The number of ether oxygens (including phenoxy) is 4. The van der Waals surface area contributed by atoms with Crippen LogP contribution in [-0.2, 0) is 18.9 Å². The number of rotatable bonds is 4. The first-order valence-electron chi connectivity index (χ1n) is 5.38. The molecule has 2 heterocycles. The number of hydrogen-bond acceptors (Lipinski definition) is 4. The van der Waals surface area contributed by atoms with Gasteiger partial charge < -0.3 is 18.9 Å².